The zero-order valence-electron chi connectivity index (χ0n) is 15.4. The van der Waals surface area contributed by atoms with Crippen LogP contribution in [0.25, 0.3) is 0 Å². The average Bonchev–Trinajstić information content (AvgIpc) is 2.60. The van der Waals surface area contributed by atoms with Gasteiger partial charge >= 0.3 is 0 Å². The van der Waals surface area contributed by atoms with Gasteiger partial charge in [0.2, 0.25) is 5.91 Å². The zero-order valence-corrected chi connectivity index (χ0v) is 17.6. The maximum absolute atomic E-state index is 12.1. The smallest absolute Gasteiger partial charge is 0.244 e. The van der Waals surface area contributed by atoms with Crippen LogP contribution in [0.15, 0.2) is 35.4 Å². The lowest BCUT2D eigenvalue weighted by Gasteiger charge is -2.12. The molecule has 0 bridgehead atoms. The van der Waals surface area contributed by atoms with Crippen molar-refractivity contribution in [2.24, 2.45) is 5.10 Å². The van der Waals surface area contributed by atoms with Crippen molar-refractivity contribution in [2.75, 3.05) is 13.7 Å². The molecule has 0 atom stereocenters. The summed E-state index contributed by atoms with van der Waals surface area (Å²) < 4.78 is 11.9. The van der Waals surface area contributed by atoms with Crippen LogP contribution in [0.1, 0.15) is 29.2 Å². The third kappa shape index (κ3) is 5.45. The number of benzene rings is 2. The molecule has 5 nitrogen and oxygen atoms in total. The molecule has 0 spiro atoms. The van der Waals surface area contributed by atoms with E-state index in [1.807, 2.05) is 44.2 Å². The molecule has 0 unspecified atom stereocenters. The number of nitrogens with one attached hydrogen (secondary N) is 1. The lowest BCUT2D eigenvalue weighted by Crippen LogP contribution is -2.19. The quantitative estimate of drug-likeness (QED) is 0.381. The molecule has 1 N–H and O–H groups in total. The summed E-state index contributed by atoms with van der Waals surface area (Å²) in [5, 5.41) is 4.05. The Morgan fingerprint density at radius 3 is 2.65 bits per heavy atom. The number of nitrogens with zero attached hydrogens (tertiary/aromatic N) is 1. The molecule has 0 radical (unpaired) electrons. The van der Waals surface area contributed by atoms with Gasteiger partial charge in [0.1, 0.15) is 0 Å². The summed E-state index contributed by atoms with van der Waals surface area (Å²) in [6.07, 6.45) is 1.89. The minimum Gasteiger partial charge on any atom is -0.493 e. The Morgan fingerprint density at radius 1 is 1.23 bits per heavy atom. The van der Waals surface area contributed by atoms with Crippen LogP contribution in [0, 0.1) is 17.4 Å². The molecule has 0 aliphatic heterocycles. The standard InChI is InChI=1S/C20H23IN2O3/c1-5-26-20-17(21)9-16(10-18(20)25-4)12-22-23-19(24)11-15-7-6-13(2)14(3)8-15/h6-10,12H,5,11H2,1-4H3,(H,23,24)/b22-12-. The number of hydrogen-bond donors (Lipinski definition) is 1. The van der Waals surface area contributed by atoms with Crippen molar-refractivity contribution in [1.29, 1.82) is 0 Å². The fraction of sp³-hybridized carbons (Fsp3) is 0.300. The first-order valence-corrected chi connectivity index (χ1v) is 9.40. The first kappa shape index (κ1) is 20.2. The largest absolute Gasteiger partial charge is 0.493 e. The number of ether oxygens (including phenoxy) is 2. The summed E-state index contributed by atoms with van der Waals surface area (Å²) in [5.41, 5.74) is 6.75. The maximum Gasteiger partial charge on any atom is 0.244 e. The highest BCUT2D eigenvalue weighted by Gasteiger charge is 2.10. The maximum atomic E-state index is 12.1. The Labute approximate surface area is 167 Å². The normalized spacial score (nSPS) is 10.8. The molecule has 0 saturated carbocycles. The number of amides is 1. The van der Waals surface area contributed by atoms with Gasteiger partial charge in [-0.1, -0.05) is 18.2 Å². The molecule has 0 aromatic heterocycles. The third-order valence-electron chi connectivity index (χ3n) is 3.88. The molecule has 2 aromatic rings. The number of halogens is 1. The number of aryl methyl sites for hydroxylation is 2. The molecule has 0 fully saturated rings. The monoisotopic (exact) mass is 466 g/mol. The Hall–Kier alpha value is -2.09. The van der Waals surface area contributed by atoms with Crippen molar-refractivity contribution in [3.8, 4) is 11.5 Å². The van der Waals surface area contributed by atoms with Crippen LogP contribution in [-0.4, -0.2) is 25.8 Å². The van der Waals surface area contributed by atoms with E-state index in [9.17, 15) is 4.79 Å². The second-order valence-corrected chi connectivity index (χ2v) is 7.02. The van der Waals surface area contributed by atoms with Crippen LogP contribution in [-0.2, 0) is 11.2 Å². The van der Waals surface area contributed by atoms with E-state index < -0.39 is 0 Å². The van der Waals surface area contributed by atoms with Gasteiger partial charge in [-0.3, -0.25) is 4.79 Å². The summed E-state index contributed by atoms with van der Waals surface area (Å²) in [4.78, 5) is 12.1. The van der Waals surface area contributed by atoms with E-state index >= 15 is 0 Å². The molecule has 0 heterocycles. The predicted octanol–water partition coefficient (Wildman–Crippen LogP) is 4.01. The lowest BCUT2D eigenvalue weighted by atomic mass is 10.0. The Balaban J connectivity index is 2.02. The van der Waals surface area contributed by atoms with Crippen molar-refractivity contribution in [2.45, 2.75) is 27.2 Å². The van der Waals surface area contributed by atoms with E-state index in [2.05, 4.69) is 40.0 Å². The molecule has 0 aliphatic carbocycles. The van der Waals surface area contributed by atoms with Crippen molar-refractivity contribution in [1.82, 2.24) is 5.43 Å². The average molecular weight is 466 g/mol. The SMILES string of the molecule is CCOc1c(I)cc(/C=N\NC(=O)Cc2ccc(C)c(C)c2)cc1OC. The zero-order chi connectivity index (χ0) is 19.1. The Kier molecular flexibility index (Phi) is 7.44. The van der Waals surface area contributed by atoms with Gasteiger partial charge in [0.15, 0.2) is 11.5 Å². The number of hydrogen-bond acceptors (Lipinski definition) is 4. The van der Waals surface area contributed by atoms with Gasteiger partial charge in [-0.05, 0) is 77.7 Å². The molecular formula is C20H23IN2O3. The first-order chi connectivity index (χ1) is 12.4. The van der Waals surface area contributed by atoms with Gasteiger partial charge in [0.05, 0.1) is 29.9 Å². The summed E-state index contributed by atoms with van der Waals surface area (Å²) in [6, 6.07) is 9.76. The fourth-order valence-electron chi connectivity index (χ4n) is 2.42. The van der Waals surface area contributed by atoms with Crippen molar-refractivity contribution in [3.63, 3.8) is 0 Å². The van der Waals surface area contributed by atoms with Crippen LogP contribution in [0.4, 0.5) is 0 Å². The number of methoxy groups -OCH3 is 1. The molecule has 138 valence electrons. The van der Waals surface area contributed by atoms with Crippen LogP contribution in [0.5, 0.6) is 11.5 Å². The van der Waals surface area contributed by atoms with E-state index in [1.54, 1.807) is 13.3 Å². The molecule has 2 aromatic carbocycles. The van der Waals surface area contributed by atoms with E-state index in [0.29, 0.717) is 24.5 Å². The number of rotatable bonds is 7. The summed E-state index contributed by atoms with van der Waals surface area (Å²) >= 11 is 2.19. The molecular weight excluding hydrogens is 443 g/mol. The van der Waals surface area contributed by atoms with E-state index in [4.69, 9.17) is 9.47 Å². The fourth-order valence-corrected chi connectivity index (χ4v) is 3.20. The summed E-state index contributed by atoms with van der Waals surface area (Å²) in [7, 11) is 1.60. The summed E-state index contributed by atoms with van der Waals surface area (Å²) in [6.45, 7) is 6.58. The second-order valence-electron chi connectivity index (χ2n) is 5.86. The van der Waals surface area contributed by atoms with E-state index in [-0.39, 0.29) is 5.91 Å². The number of carbonyl (C=O) groups is 1. The predicted molar refractivity (Wildman–Crippen MR) is 112 cm³/mol. The van der Waals surface area contributed by atoms with Crippen molar-refractivity contribution in [3.05, 3.63) is 56.2 Å². The third-order valence-corrected chi connectivity index (χ3v) is 4.68. The highest BCUT2D eigenvalue weighted by atomic mass is 127. The van der Waals surface area contributed by atoms with Crippen molar-refractivity contribution >= 4 is 34.7 Å². The molecule has 26 heavy (non-hydrogen) atoms. The van der Waals surface area contributed by atoms with Crippen molar-refractivity contribution < 1.29 is 14.3 Å². The van der Waals surface area contributed by atoms with Gasteiger partial charge < -0.3 is 9.47 Å². The van der Waals surface area contributed by atoms with E-state index in [0.717, 1.165) is 14.7 Å². The minimum absolute atomic E-state index is 0.155. The minimum atomic E-state index is -0.155. The van der Waals surface area contributed by atoms with Gasteiger partial charge in [0, 0.05) is 0 Å². The number of hydrazone groups is 1. The van der Waals surface area contributed by atoms with Gasteiger partial charge in [-0.2, -0.15) is 5.10 Å². The van der Waals surface area contributed by atoms with Crippen LogP contribution in [0.3, 0.4) is 0 Å². The Morgan fingerprint density at radius 2 is 2.00 bits per heavy atom. The highest BCUT2D eigenvalue weighted by molar-refractivity contribution is 14.1. The van der Waals surface area contributed by atoms with Gasteiger partial charge in [-0.25, -0.2) is 5.43 Å². The first-order valence-electron chi connectivity index (χ1n) is 8.33. The molecule has 1 amide bonds. The topological polar surface area (TPSA) is 59.9 Å². The van der Waals surface area contributed by atoms with Crippen LogP contribution < -0.4 is 14.9 Å². The lowest BCUT2D eigenvalue weighted by molar-refractivity contribution is -0.120. The number of carbonyl (C=O) groups excluding carboxylic acids is 1. The molecule has 6 heteroatoms. The van der Waals surface area contributed by atoms with Crippen LogP contribution >= 0.6 is 22.6 Å². The summed E-state index contributed by atoms with van der Waals surface area (Å²) in [5.74, 6) is 1.20. The highest BCUT2D eigenvalue weighted by Crippen LogP contribution is 2.33. The van der Waals surface area contributed by atoms with Gasteiger partial charge in [0.25, 0.3) is 0 Å². The second kappa shape index (κ2) is 9.56. The molecule has 0 aliphatic rings. The van der Waals surface area contributed by atoms with Crippen LogP contribution in [0.2, 0.25) is 0 Å². The van der Waals surface area contributed by atoms with Gasteiger partial charge in [-0.15, -0.1) is 0 Å². The Bertz CT molecular complexity index is 819. The molecule has 2 rings (SSSR count). The van der Waals surface area contributed by atoms with E-state index in [1.165, 1.54) is 11.1 Å². The molecule has 0 saturated heterocycles.